The molecular weight excluding hydrogens is 274 g/mol. The minimum absolute atomic E-state index is 0.118. The van der Waals surface area contributed by atoms with E-state index in [1.165, 1.54) is 0 Å². The molecule has 1 atom stereocenters. The standard InChI is InChI=1S/C14H29N3O2S/c1-12(2)11-17(13-7-8-13)20(18,19)16-9-5-4-6-14(16)10-15-3/h12-15H,4-11H2,1-3H3. The van der Waals surface area contributed by atoms with Crippen molar-refractivity contribution >= 4 is 10.2 Å². The molecule has 1 aliphatic heterocycles. The van der Waals surface area contributed by atoms with Crippen LogP contribution in [0.2, 0.25) is 0 Å². The fourth-order valence-corrected chi connectivity index (χ4v) is 5.27. The summed E-state index contributed by atoms with van der Waals surface area (Å²) in [4.78, 5) is 0. The molecule has 2 fully saturated rings. The zero-order valence-corrected chi connectivity index (χ0v) is 13.8. The van der Waals surface area contributed by atoms with E-state index in [0.29, 0.717) is 19.0 Å². The Kier molecular flexibility index (Phi) is 5.45. The lowest BCUT2D eigenvalue weighted by atomic mass is 10.1. The van der Waals surface area contributed by atoms with Crippen LogP contribution in [0.15, 0.2) is 0 Å². The topological polar surface area (TPSA) is 52.7 Å². The van der Waals surface area contributed by atoms with Gasteiger partial charge in [-0.3, -0.25) is 0 Å². The van der Waals surface area contributed by atoms with E-state index in [1.54, 1.807) is 8.61 Å². The minimum Gasteiger partial charge on any atom is -0.318 e. The Morgan fingerprint density at radius 2 is 1.95 bits per heavy atom. The summed E-state index contributed by atoms with van der Waals surface area (Å²) in [6, 6.07) is 0.367. The molecule has 20 heavy (non-hydrogen) atoms. The van der Waals surface area contributed by atoms with Crippen LogP contribution in [0.4, 0.5) is 0 Å². The largest absolute Gasteiger partial charge is 0.318 e. The average Bonchev–Trinajstić information content (AvgIpc) is 3.20. The molecule has 0 spiro atoms. The van der Waals surface area contributed by atoms with Crippen LogP contribution in [-0.2, 0) is 10.2 Å². The van der Waals surface area contributed by atoms with Crippen LogP contribution in [0.5, 0.6) is 0 Å². The van der Waals surface area contributed by atoms with E-state index in [1.807, 2.05) is 7.05 Å². The molecule has 1 aliphatic carbocycles. The van der Waals surface area contributed by atoms with E-state index >= 15 is 0 Å². The van der Waals surface area contributed by atoms with E-state index in [4.69, 9.17) is 0 Å². The number of nitrogens with one attached hydrogen (secondary N) is 1. The Hall–Kier alpha value is -0.170. The second-order valence-electron chi connectivity index (χ2n) is 6.52. The highest BCUT2D eigenvalue weighted by Crippen LogP contribution is 2.33. The maximum atomic E-state index is 13.0. The Morgan fingerprint density at radius 3 is 2.50 bits per heavy atom. The molecular formula is C14H29N3O2S. The number of likely N-dealkylation sites (N-methyl/N-ethyl adjacent to an activating group) is 1. The lowest BCUT2D eigenvalue weighted by molar-refractivity contribution is 0.222. The molecule has 0 amide bonds. The summed E-state index contributed by atoms with van der Waals surface area (Å²) in [5, 5.41) is 3.14. The summed E-state index contributed by atoms with van der Waals surface area (Å²) in [5.74, 6) is 0.373. The molecule has 1 N–H and O–H groups in total. The van der Waals surface area contributed by atoms with Gasteiger partial charge in [-0.05, 0) is 38.6 Å². The molecule has 5 nitrogen and oxygen atoms in total. The normalized spacial score (nSPS) is 25.6. The summed E-state index contributed by atoms with van der Waals surface area (Å²) in [5.41, 5.74) is 0. The Labute approximate surface area is 123 Å². The SMILES string of the molecule is CNCC1CCCCN1S(=O)(=O)N(CC(C)C)C1CC1. The van der Waals surface area contributed by atoms with Crippen molar-refractivity contribution < 1.29 is 8.42 Å². The Morgan fingerprint density at radius 1 is 1.25 bits per heavy atom. The predicted molar refractivity (Wildman–Crippen MR) is 81.8 cm³/mol. The molecule has 1 saturated heterocycles. The van der Waals surface area contributed by atoms with Gasteiger partial charge in [-0.2, -0.15) is 17.0 Å². The zero-order valence-electron chi connectivity index (χ0n) is 13.0. The van der Waals surface area contributed by atoms with Crippen LogP contribution in [-0.4, -0.2) is 55.8 Å². The third-order valence-electron chi connectivity index (χ3n) is 4.10. The summed E-state index contributed by atoms with van der Waals surface area (Å²) in [6.07, 6.45) is 5.14. The maximum absolute atomic E-state index is 13.0. The third-order valence-corrected chi connectivity index (χ3v) is 6.22. The minimum atomic E-state index is -3.30. The van der Waals surface area contributed by atoms with Crippen LogP contribution in [0.3, 0.4) is 0 Å². The second kappa shape index (κ2) is 6.73. The highest BCUT2D eigenvalue weighted by molar-refractivity contribution is 7.86. The van der Waals surface area contributed by atoms with Crippen molar-refractivity contribution in [3.8, 4) is 0 Å². The lowest BCUT2D eigenvalue weighted by Crippen LogP contribution is -2.54. The Balaban J connectivity index is 2.16. The van der Waals surface area contributed by atoms with Crippen molar-refractivity contribution in [2.45, 2.75) is 58.0 Å². The molecule has 1 unspecified atom stereocenters. The van der Waals surface area contributed by atoms with E-state index in [0.717, 1.165) is 38.6 Å². The van der Waals surface area contributed by atoms with Gasteiger partial charge in [0.2, 0.25) is 0 Å². The first kappa shape index (κ1) is 16.2. The van der Waals surface area contributed by atoms with Crippen LogP contribution in [0.25, 0.3) is 0 Å². The summed E-state index contributed by atoms with van der Waals surface area (Å²) in [6.45, 7) is 6.25. The zero-order chi connectivity index (χ0) is 14.8. The number of rotatable bonds is 7. The van der Waals surface area contributed by atoms with Crippen molar-refractivity contribution in [1.29, 1.82) is 0 Å². The van der Waals surface area contributed by atoms with E-state index in [-0.39, 0.29) is 12.1 Å². The quantitative estimate of drug-likeness (QED) is 0.774. The second-order valence-corrected chi connectivity index (χ2v) is 8.35. The van der Waals surface area contributed by atoms with Gasteiger partial charge < -0.3 is 5.32 Å². The summed E-state index contributed by atoms with van der Waals surface area (Å²) < 4.78 is 29.6. The molecule has 1 heterocycles. The van der Waals surface area contributed by atoms with Crippen LogP contribution in [0.1, 0.15) is 46.0 Å². The summed E-state index contributed by atoms with van der Waals surface area (Å²) >= 11 is 0. The van der Waals surface area contributed by atoms with Crippen LogP contribution in [0, 0.1) is 5.92 Å². The first-order chi connectivity index (χ1) is 9.46. The van der Waals surface area contributed by atoms with Gasteiger partial charge in [0.15, 0.2) is 0 Å². The number of hydrogen-bond acceptors (Lipinski definition) is 3. The number of hydrogen-bond donors (Lipinski definition) is 1. The van der Waals surface area contributed by atoms with Crippen LogP contribution >= 0.6 is 0 Å². The third kappa shape index (κ3) is 3.72. The Bertz CT molecular complexity index is 405. The van der Waals surface area contributed by atoms with Gasteiger partial charge in [-0.25, -0.2) is 0 Å². The molecule has 0 aromatic carbocycles. The van der Waals surface area contributed by atoms with Gasteiger partial charge in [-0.1, -0.05) is 20.3 Å². The van der Waals surface area contributed by atoms with Crippen molar-refractivity contribution in [1.82, 2.24) is 13.9 Å². The predicted octanol–water partition coefficient (Wildman–Crippen LogP) is 1.43. The molecule has 0 aromatic heterocycles. The fourth-order valence-electron chi connectivity index (χ4n) is 3.01. The first-order valence-electron chi connectivity index (χ1n) is 7.90. The first-order valence-corrected chi connectivity index (χ1v) is 9.29. The number of piperidine rings is 1. The highest BCUT2D eigenvalue weighted by atomic mass is 32.2. The van der Waals surface area contributed by atoms with Gasteiger partial charge in [0.1, 0.15) is 0 Å². The molecule has 2 aliphatic rings. The lowest BCUT2D eigenvalue weighted by Gasteiger charge is -2.38. The van der Waals surface area contributed by atoms with Gasteiger partial charge in [0.25, 0.3) is 10.2 Å². The molecule has 6 heteroatoms. The van der Waals surface area contributed by atoms with Crippen molar-refractivity contribution in [2.24, 2.45) is 5.92 Å². The van der Waals surface area contributed by atoms with Gasteiger partial charge >= 0.3 is 0 Å². The van der Waals surface area contributed by atoms with Crippen LogP contribution < -0.4 is 5.32 Å². The van der Waals surface area contributed by atoms with E-state index in [2.05, 4.69) is 19.2 Å². The van der Waals surface area contributed by atoms with Crippen molar-refractivity contribution in [3.05, 3.63) is 0 Å². The summed E-state index contributed by atoms with van der Waals surface area (Å²) in [7, 11) is -1.41. The molecule has 0 aromatic rings. The van der Waals surface area contributed by atoms with E-state index in [9.17, 15) is 8.42 Å². The van der Waals surface area contributed by atoms with Gasteiger partial charge in [0, 0.05) is 31.7 Å². The monoisotopic (exact) mass is 303 g/mol. The highest BCUT2D eigenvalue weighted by Gasteiger charge is 2.43. The smallest absolute Gasteiger partial charge is 0.282 e. The maximum Gasteiger partial charge on any atom is 0.282 e. The number of nitrogens with zero attached hydrogens (tertiary/aromatic N) is 2. The van der Waals surface area contributed by atoms with Gasteiger partial charge in [0.05, 0.1) is 0 Å². The molecule has 118 valence electrons. The van der Waals surface area contributed by atoms with Crippen molar-refractivity contribution in [2.75, 3.05) is 26.7 Å². The molecule has 0 radical (unpaired) electrons. The molecule has 1 saturated carbocycles. The molecule has 0 bridgehead atoms. The molecule has 2 rings (SSSR count). The average molecular weight is 303 g/mol. The van der Waals surface area contributed by atoms with E-state index < -0.39 is 10.2 Å². The van der Waals surface area contributed by atoms with Gasteiger partial charge in [-0.15, -0.1) is 0 Å². The van der Waals surface area contributed by atoms with Crippen molar-refractivity contribution in [3.63, 3.8) is 0 Å². The fraction of sp³-hybridized carbons (Fsp3) is 1.00.